The smallest absolute Gasteiger partial charge is 0.336 e. The number of carbonyl (C=O) groups is 1. The number of hydrogen-bond donors (Lipinski definition) is 2. The molecule has 2 rings (SSSR count). The van der Waals surface area contributed by atoms with E-state index in [0.717, 1.165) is 6.07 Å². The lowest BCUT2D eigenvalue weighted by Crippen LogP contribution is -2.11. The van der Waals surface area contributed by atoms with Crippen LogP contribution in [0.2, 0.25) is 0 Å². The number of aryl methyl sites for hydroxylation is 1. The Labute approximate surface area is 84.2 Å². The first-order valence-corrected chi connectivity index (χ1v) is 4.45. The molecule has 0 saturated heterocycles. The molecule has 0 radical (unpaired) electrons. The Morgan fingerprint density at radius 2 is 2.40 bits per heavy atom. The third-order valence-electron chi connectivity index (χ3n) is 2.18. The quantitative estimate of drug-likeness (QED) is 0.748. The number of H-pyrrole nitrogens is 1. The Hall–Kier alpha value is -2.11. The molecular formula is C9H9N3O3. The molecule has 0 saturated carbocycles. The number of nitrogens with one attached hydrogen (secondary N) is 1. The summed E-state index contributed by atoms with van der Waals surface area (Å²) in [5.41, 5.74) is -0.00838. The normalized spacial score (nSPS) is 10.7. The van der Waals surface area contributed by atoms with Gasteiger partial charge in [0.2, 0.25) is 5.56 Å². The van der Waals surface area contributed by atoms with Gasteiger partial charge in [-0.2, -0.15) is 5.10 Å². The predicted octanol–water partition coefficient (Wildman–Crippen LogP) is 0.443. The number of carboxylic acids is 1. The largest absolute Gasteiger partial charge is 0.478 e. The molecule has 2 aromatic rings. The number of aromatic amines is 1. The van der Waals surface area contributed by atoms with Crippen molar-refractivity contribution in [1.29, 1.82) is 0 Å². The average Bonchev–Trinajstić information content (AvgIpc) is 2.58. The molecule has 0 amide bonds. The van der Waals surface area contributed by atoms with E-state index in [0.29, 0.717) is 17.6 Å². The van der Waals surface area contributed by atoms with Crippen LogP contribution in [0, 0.1) is 0 Å². The molecule has 78 valence electrons. The lowest BCUT2D eigenvalue weighted by atomic mass is 10.2. The summed E-state index contributed by atoms with van der Waals surface area (Å²) in [6.07, 6.45) is 1.44. The van der Waals surface area contributed by atoms with Crippen LogP contribution in [-0.4, -0.2) is 25.8 Å². The molecule has 0 bridgehead atoms. The molecule has 6 heteroatoms. The van der Waals surface area contributed by atoms with Crippen LogP contribution < -0.4 is 5.56 Å². The van der Waals surface area contributed by atoms with E-state index in [1.54, 1.807) is 4.68 Å². The van der Waals surface area contributed by atoms with Gasteiger partial charge in [-0.1, -0.05) is 0 Å². The summed E-state index contributed by atoms with van der Waals surface area (Å²) < 4.78 is 1.54. The van der Waals surface area contributed by atoms with Gasteiger partial charge in [0.05, 0.1) is 17.1 Å². The summed E-state index contributed by atoms with van der Waals surface area (Å²) in [6, 6.07) is 1.06. The van der Waals surface area contributed by atoms with E-state index < -0.39 is 11.5 Å². The van der Waals surface area contributed by atoms with E-state index >= 15 is 0 Å². The van der Waals surface area contributed by atoms with Gasteiger partial charge in [0.15, 0.2) is 0 Å². The topological polar surface area (TPSA) is 88.0 Å². The van der Waals surface area contributed by atoms with Crippen molar-refractivity contribution in [2.24, 2.45) is 0 Å². The van der Waals surface area contributed by atoms with Crippen LogP contribution in [0.3, 0.4) is 0 Å². The first kappa shape index (κ1) is 9.45. The van der Waals surface area contributed by atoms with Crippen molar-refractivity contribution in [1.82, 2.24) is 14.8 Å². The van der Waals surface area contributed by atoms with Crippen molar-refractivity contribution in [3.05, 3.63) is 28.2 Å². The van der Waals surface area contributed by atoms with Crippen LogP contribution in [0.5, 0.6) is 0 Å². The van der Waals surface area contributed by atoms with E-state index in [2.05, 4.69) is 10.1 Å². The van der Waals surface area contributed by atoms with Crippen LogP contribution in [-0.2, 0) is 6.54 Å². The lowest BCUT2D eigenvalue weighted by Gasteiger charge is -1.99. The van der Waals surface area contributed by atoms with Gasteiger partial charge >= 0.3 is 5.97 Å². The zero-order chi connectivity index (χ0) is 11.0. The highest BCUT2D eigenvalue weighted by atomic mass is 16.4. The standard InChI is InChI=1S/C9H9N3O3/c1-2-12-8-6(4-10-12)5(9(14)15)3-7(13)11-8/h3-4H,2H2,1H3,(H,11,13)(H,14,15). The maximum Gasteiger partial charge on any atom is 0.336 e. The second-order valence-electron chi connectivity index (χ2n) is 3.08. The predicted molar refractivity (Wildman–Crippen MR) is 53.0 cm³/mol. The lowest BCUT2D eigenvalue weighted by molar-refractivity contribution is 0.0699. The Bertz CT molecular complexity index is 582. The van der Waals surface area contributed by atoms with E-state index in [1.165, 1.54) is 6.20 Å². The molecule has 2 N–H and O–H groups in total. The Kier molecular flexibility index (Phi) is 2.03. The van der Waals surface area contributed by atoms with E-state index in [9.17, 15) is 9.59 Å². The number of fused-ring (bicyclic) bond motifs is 1. The maximum atomic E-state index is 11.2. The van der Waals surface area contributed by atoms with Crippen molar-refractivity contribution in [3.63, 3.8) is 0 Å². The summed E-state index contributed by atoms with van der Waals surface area (Å²) >= 11 is 0. The molecule has 15 heavy (non-hydrogen) atoms. The van der Waals surface area contributed by atoms with Crippen LogP contribution in [0.15, 0.2) is 17.1 Å². The van der Waals surface area contributed by atoms with Crippen molar-refractivity contribution in [2.45, 2.75) is 13.5 Å². The van der Waals surface area contributed by atoms with Gasteiger partial charge in [-0.25, -0.2) is 9.48 Å². The molecule has 0 aliphatic heterocycles. The zero-order valence-electron chi connectivity index (χ0n) is 8.02. The van der Waals surface area contributed by atoms with Gasteiger partial charge in [-0.05, 0) is 6.92 Å². The fraction of sp³-hybridized carbons (Fsp3) is 0.222. The monoisotopic (exact) mass is 207 g/mol. The number of nitrogens with zero attached hydrogens (tertiary/aromatic N) is 2. The number of rotatable bonds is 2. The number of aromatic nitrogens is 3. The maximum absolute atomic E-state index is 11.2. The van der Waals surface area contributed by atoms with Crippen molar-refractivity contribution in [3.8, 4) is 0 Å². The van der Waals surface area contributed by atoms with E-state index in [-0.39, 0.29) is 5.56 Å². The second-order valence-corrected chi connectivity index (χ2v) is 3.08. The molecule has 0 aliphatic rings. The number of aromatic carboxylic acids is 1. The van der Waals surface area contributed by atoms with Crippen molar-refractivity contribution in [2.75, 3.05) is 0 Å². The van der Waals surface area contributed by atoms with Crippen LogP contribution >= 0.6 is 0 Å². The minimum absolute atomic E-state index is 0.0200. The molecule has 0 spiro atoms. The molecule has 2 heterocycles. The molecule has 6 nitrogen and oxygen atoms in total. The van der Waals surface area contributed by atoms with Crippen LogP contribution in [0.1, 0.15) is 17.3 Å². The highest BCUT2D eigenvalue weighted by molar-refractivity contribution is 6.01. The van der Waals surface area contributed by atoms with Gasteiger partial charge < -0.3 is 10.1 Å². The van der Waals surface area contributed by atoms with Gasteiger partial charge in [0.1, 0.15) is 5.65 Å². The minimum atomic E-state index is -1.12. The number of hydrogen-bond acceptors (Lipinski definition) is 3. The van der Waals surface area contributed by atoms with Gasteiger partial charge in [0, 0.05) is 12.6 Å². The summed E-state index contributed by atoms with van der Waals surface area (Å²) in [4.78, 5) is 24.7. The Morgan fingerprint density at radius 3 is 3.00 bits per heavy atom. The van der Waals surface area contributed by atoms with Gasteiger partial charge in [-0.3, -0.25) is 4.79 Å². The number of pyridine rings is 1. The Balaban J connectivity index is 2.88. The molecule has 2 aromatic heterocycles. The molecule has 0 aliphatic carbocycles. The molecule has 0 fully saturated rings. The van der Waals surface area contributed by atoms with Crippen molar-refractivity contribution < 1.29 is 9.90 Å². The fourth-order valence-electron chi connectivity index (χ4n) is 1.49. The summed E-state index contributed by atoms with van der Waals surface area (Å²) in [5, 5.41) is 13.3. The SMILES string of the molecule is CCn1ncc2c(C(=O)O)cc(=O)[nH]c21. The first-order chi connectivity index (χ1) is 7.13. The van der Waals surface area contributed by atoms with Gasteiger partial charge in [-0.15, -0.1) is 0 Å². The number of carboxylic acid groups (broad SMARTS) is 1. The second kappa shape index (κ2) is 3.23. The summed E-state index contributed by atoms with van der Waals surface area (Å²) in [7, 11) is 0. The third-order valence-corrected chi connectivity index (χ3v) is 2.18. The summed E-state index contributed by atoms with van der Waals surface area (Å²) in [6.45, 7) is 2.43. The van der Waals surface area contributed by atoms with E-state index in [1.807, 2.05) is 6.92 Å². The third kappa shape index (κ3) is 1.39. The minimum Gasteiger partial charge on any atom is -0.478 e. The van der Waals surface area contributed by atoms with Crippen LogP contribution in [0.4, 0.5) is 0 Å². The highest BCUT2D eigenvalue weighted by Crippen LogP contribution is 2.14. The first-order valence-electron chi connectivity index (χ1n) is 4.45. The summed E-state index contributed by atoms with van der Waals surface area (Å²) in [5.74, 6) is -1.12. The zero-order valence-corrected chi connectivity index (χ0v) is 8.02. The van der Waals surface area contributed by atoms with Crippen molar-refractivity contribution >= 4 is 17.0 Å². The molecular weight excluding hydrogens is 198 g/mol. The highest BCUT2D eigenvalue weighted by Gasteiger charge is 2.13. The Morgan fingerprint density at radius 1 is 1.67 bits per heavy atom. The molecule has 0 atom stereocenters. The molecule has 0 unspecified atom stereocenters. The van der Waals surface area contributed by atoms with E-state index in [4.69, 9.17) is 5.11 Å². The molecule has 0 aromatic carbocycles. The fourth-order valence-corrected chi connectivity index (χ4v) is 1.49. The van der Waals surface area contributed by atoms with Gasteiger partial charge in [0.25, 0.3) is 0 Å². The van der Waals surface area contributed by atoms with Crippen LogP contribution in [0.25, 0.3) is 11.0 Å². The average molecular weight is 207 g/mol.